The molecule has 0 atom stereocenters. The lowest BCUT2D eigenvalue weighted by Crippen LogP contribution is -2.10. The van der Waals surface area contributed by atoms with Gasteiger partial charge < -0.3 is 0 Å². The normalized spacial score (nSPS) is 11.2. The maximum atomic E-state index is 2.32. The Bertz CT molecular complexity index is 157. The zero-order chi connectivity index (χ0) is 12.8. The van der Waals surface area contributed by atoms with Gasteiger partial charge in [-0.25, -0.2) is 0 Å². The second-order valence-corrected chi connectivity index (χ2v) is 5.36. The molecule has 0 bridgehead atoms. The second-order valence-electron chi connectivity index (χ2n) is 5.36. The Hall–Kier alpha value is -0.195. The highest BCUT2D eigenvalue weighted by atomic mass is 13.9. The molecule has 0 spiro atoms. The SMILES string of the molecule is CC=CCCCCCCCB(CCC)CCC. The highest BCUT2D eigenvalue weighted by Crippen LogP contribution is 2.16. The molecule has 0 nitrogen and oxygen atoms in total. The molecule has 100 valence electrons. The standard InChI is InChI=1S/C16H33B/c1-4-7-8-9-10-11-12-13-16-17(14-5-2)15-6-3/h4,7H,5-6,8-16H2,1-3H3. The van der Waals surface area contributed by atoms with Crippen molar-refractivity contribution in [2.45, 2.75) is 91.1 Å². The number of hydrogen-bond acceptors (Lipinski definition) is 0. The third-order valence-corrected chi connectivity index (χ3v) is 3.61. The van der Waals surface area contributed by atoms with Crippen LogP contribution in [0.25, 0.3) is 0 Å². The predicted octanol–water partition coefficient (Wildman–Crippen LogP) is 6.22. The van der Waals surface area contributed by atoms with Crippen molar-refractivity contribution in [3.63, 3.8) is 0 Å². The maximum absolute atomic E-state index is 2.32. The molecule has 0 aliphatic heterocycles. The Labute approximate surface area is 110 Å². The summed E-state index contributed by atoms with van der Waals surface area (Å²) in [6, 6.07) is 0. The quantitative estimate of drug-likeness (QED) is 0.214. The van der Waals surface area contributed by atoms with Gasteiger partial charge in [0.2, 0.25) is 0 Å². The third kappa shape index (κ3) is 12.1. The molecule has 0 fully saturated rings. The Morgan fingerprint density at radius 2 is 1.35 bits per heavy atom. The monoisotopic (exact) mass is 236 g/mol. The summed E-state index contributed by atoms with van der Waals surface area (Å²) >= 11 is 0. The average molecular weight is 236 g/mol. The first-order chi connectivity index (χ1) is 8.35. The van der Waals surface area contributed by atoms with Crippen molar-refractivity contribution in [3.8, 4) is 0 Å². The molecule has 0 aliphatic rings. The van der Waals surface area contributed by atoms with E-state index in [1.807, 2.05) is 0 Å². The van der Waals surface area contributed by atoms with Gasteiger partial charge in [0.15, 0.2) is 0 Å². The van der Waals surface area contributed by atoms with Crippen molar-refractivity contribution in [3.05, 3.63) is 12.2 Å². The van der Waals surface area contributed by atoms with Gasteiger partial charge >= 0.3 is 0 Å². The minimum absolute atomic E-state index is 1.02. The molecule has 0 aliphatic carbocycles. The topological polar surface area (TPSA) is 0 Å². The average Bonchev–Trinajstić information content (AvgIpc) is 2.33. The lowest BCUT2D eigenvalue weighted by Gasteiger charge is -2.11. The number of rotatable bonds is 12. The van der Waals surface area contributed by atoms with Gasteiger partial charge in [-0.15, -0.1) is 0 Å². The first-order valence-corrected chi connectivity index (χ1v) is 7.96. The van der Waals surface area contributed by atoms with E-state index < -0.39 is 0 Å². The summed E-state index contributed by atoms with van der Waals surface area (Å²) in [7, 11) is 0. The number of unbranched alkanes of at least 4 members (excludes halogenated alkanes) is 5. The van der Waals surface area contributed by atoms with E-state index in [0.29, 0.717) is 0 Å². The van der Waals surface area contributed by atoms with Crippen LogP contribution in [0.15, 0.2) is 12.2 Å². The first kappa shape index (κ1) is 16.8. The van der Waals surface area contributed by atoms with Gasteiger partial charge in [0, 0.05) is 0 Å². The van der Waals surface area contributed by atoms with Crippen LogP contribution in [0.1, 0.15) is 72.1 Å². The smallest absolute Gasteiger partial charge is 0.0917 e. The summed E-state index contributed by atoms with van der Waals surface area (Å²) in [5.74, 6) is 0. The van der Waals surface area contributed by atoms with Gasteiger partial charge in [-0.05, 0) is 19.8 Å². The Morgan fingerprint density at radius 3 is 1.94 bits per heavy atom. The van der Waals surface area contributed by atoms with Crippen LogP contribution in [0.3, 0.4) is 0 Å². The van der Waals surface area contributed by atoms with Crippen LogP contribution in [0, 0.1) is 0 Å². The van der Waals surface area contributed by atoms with Crippen LogP contribution in [-0.4, -0.2) is 6.71 Å². The number of hydrogen-bond donors (Lipinski definition) is 0. The summed E-state index contributed by atoms with van der Waals surface area (Å²) in [4.78, 5) is 0. The van der Waals surface area contributed by atoms with Crippen molar-refractivity contribution in [2.24, 2.45) is 0 Å². The van der Waals surface area contributed by atoms with Gasteiger partial charge in [-0.3, -0.25) is 0 Å². The van der Waals surface area contributed by atoms with Crippen LogP contribution >= 0.6 is 0 Å². The zero-order valence-corrected chi connectivity index (χ0v) is 12.5. The van der Waals surface area contributed by atoms with Crippen LogP contribution < -0.4 is 0 Å². The molecule has 0 unspecified atom stereocenters. The molecule has 0 heterocycles. The molecule has 0 N–H and O–H groups in total. The van der Waals surface area contributed by atoms with Crippen LogP contribution in [-0.2, 0) is 0 Å². The van der Waals surface area contributed by atoms with Gasteiger partial charge in [0.1, 0.15) is 6.71 Å². The summed E-state index contributed by atoms with van der Waals surface area (Å²) in [5, 5.41) is 0. The van der Waals surface area contributed by atoms with E-state index >= 15 is 0 Å². The van der Waals surface area contributed by atoms with E-state index in [1.165, 1.54) is 70.3 Å². The fourth-order valence-corrected chi connectivity index (χ4v) is 2.64. The van der Waals surface area contributed by atoms with E-state index in [-0.39, 0.29) is 0 Å². The van der Waals surface area contributed by atoms with Crippen molar-refractivity contribution >= 4 is 6.71 Å². The van der Waals surface area contributed by atoms with E-state index in [1.54, 1.807) is 0 Å². The molecule has 0 aromatic carbocycles. The van der Waals surface area contributed by atoms with Crippen molar-refractivity contribution in [2.75, 3.05) is 0 Å². The summed E-state index contributed by atoms with van der Waals surface area (Å²) in [5.41, 5.74) is 0. The summed E-state index contributed by atoms with van der Waals surface area (Å²) < 4.78 is 0. The summed E-state index contributed by atoms with van der Waals surface area (Å²) in [6.45, 7) is 7.78. The Balaban J connectivity index is 3.29. The van der Waals surface area contributed by atoms with E-state index in [0.717, 1.165) is 6.71 Å². The Morgan fingerprint density at radius 1 is 0.765 bits per heavy atom. The molecule has 0 saturated carbocycles. The maximum Gasteiger partial charge on any atom is 0.139 e. The molecular weight excluding hydrogens is 203 g/mol. The molecule has 17 heavy (non-hydrogen) atoms. The van der Waals surface area contributed by atoms with Gasteiger partial charge in [-0.2, -0.15) is 0 Å². The minimum Gasteiger partial charge on any atom is -0.0917 e. The molecule has 0 aromatic rings. The molecule has 0 aromatic heterocycles. The minimum atomic E-state index is 1.02. The fourth-order valence-electron chi connectivity index (χ4n) is 2.64. The van der Waals surface area contributed by atoms with E-state index in [9.17, 15) is 0 Å². The molecule has 0 saturated heterocycles. The van der Waals surface area contributed by atoms with Crippen molar-refractivity contribution in [1.82, 2.24) is 0 Å². The fraction of sp³-hybridized carbons (Fsp3) is 0.875. The lowest BCUT2D eigenvalue weighted by molar-refractivity contribution is 0.634. The number of allylic oxidation sites excluding steroid dienone is 2. The molecule has 0 rings (SSSR count). The van der Waals surface area contributed by atoms with Gasteiger partial charge in [0.25, 0.3) is 0 Å². The lowest BCUT2D eigenvalue weighted by atomic mass is 9.41. The molecule has 1 heteroatoms. The first-order valence-electron chi connectivity index (χ1n) is 7.96. The van der Waals surface area contributed by atoms with E-state index in [4.69, 9.17) is 0 Å². The van der Waals surface area contributed by atoms with Crippen LogP contribution in [0.4, 0.5) is 0 Å². The van der Waals surface area contributed by atoms with Crippen molar-refractivity contribution < 1.29 is 0 Å². The molecule has 0 radical (unpaired) electrons. The predicted molar refractivity (Wildman–Crippen MR) is 83.3 cm³/mol. The van der Waals surface area contributed by atoms with E-state index in [2.05, 4.69) is 32.9 Å². The summed E-state index contributed by atoms with van der Waals surface area (Å²) in [6.07, 6.45) is 20.1. The highest BCUT2D eigenvalue weighted by Gasteiger charge is 2.10. The van der Waals surface area contributed by atoms with Gasteiger partial charge in [-0.1, -0.05) is 83.5 Å². The van der Waals surface area contributed by atoms with Crippen molar-refractivity contribution in [1.29, 1.82) is 0 Å². The molecule has 0 amide bonds. The zero-order valence-electron chi connectivity index (χ0n) is 12.5. The Kier molecular flexibility index (Phi) is 13.7. The molecular formula is C16H33B. The largest absolute Gasteiger partial charge is 0.139 e. The third-order valence-electron chi connectivity index (χ3n) is 3.61. The van der Waals surface area contributed by atoms with Gasteiger partial charge in [0.05, 0.1) is 0 Å². The highest BCUT2D eigenvalue weighted by molar-refractivity contribution is 6.58. The second kappa shape index (κ2) is 13.9. The van der Waals surface area contributed by atoms with Crippen LogP contribution in [0.5, 0.6) is 0 Å². The van der Waals surface area contributed by atoms with Crippen LogP contribution in [0.2, 0.25) is 19.0 Å².